The maximum atomic E-state index is 13.1. The van der Waals surface area contributed by atoms with E-state index in [1.54, 1.807) is 6.92 Å². The van der Waals surface area contributed by atoms with Gasteiger partial charge in [-0.1, -0.05) is 36.4 Å². The van der Waals surface area contributed by atoms with Crippen molar-refractivity contribution in [2.75, 3.05) is 7.11 Å². The maximum absolute atomic E-state index is 13.1. The molecule has 0 spiro atoms. The van der Waals surface area contributed by atoms with Crippen LogP contribution in [0.4, 0.5) is 0 Å². The number of nitrogens with zero attached hydrogens (tertiary/aromatic N) is 2. The molecule has 3 aromatic carbocycles. The number of esters is 1. The number of carbonyl (C=O) groups excluding carboxylic acids is 1. The molecule has 8 nitrogen and oxygen atoms in total. The van der Waals surface area contributed by atoms with E-state index in [0.29, 0.717) is 0 Å². The number of para-hydroxylation sites is 2. The first-order valence-corrected chi connectivity index (χ1v) is 11.6. The van der Waals surface area contributed by atoms with Crippen molar-refractivity contribution in [3.05, 3.63) is 54.7 Å². The molecule has 5 heterocycles. The number of aromatic amines is 1. The Morgan fingerprint density at radius 1 is 1.03 bits per heavy atom. The quantitative estimate of drug-likeness (QED) is 0.307. The van der Waals surface area contributed by atoms with Gasteiger partial charge >= 0.3 is 5.97 Å². The highest BCUT2D eigenvalue weighted by molar-refractivity contribution is 6.37. The van der Waals surface area contributed by atoms with Gasteiger partial charge in [0.2, 0.25) is 5.60 Å². The van der Waals surface area contributed by atoms with Crippen LogP contribution in [-0.2, 0) is 20.0 Å². The van der Waals surface area contributed by atoms with Gasteiger partial charge in [-0.25, -0.2) is 4.79 Å². The summed E-state index contributed by atoms with van der Waals surface area (Å²) < 4.78 is 15.8. The number of nitrogens with one attached hydrogen (secondary N) is 1. The second-order valence-electron chi connectivity index (χ2n) is 9.72. The molecule has 2 aliphatic rings. The molecule has 0 radical (unpaired) electrons. The molecular formula is C27H21N3O5. The van der Waals surface area contributed by atoms with Crippen LogP contribution in [0.15, 0.2) is 54.7 Å². The predicted octanol–water partition coefficient (Wildman–Crippen LogP) is 4.60. The Morgan fingerprint density at radius 2 is 1.71 bits per heavy atom. The van der Waals surface area contributed by atoms with Gasteiger partial charge in [0, 0.05) is 39.5 Å². The second kappa shape index (κ2) is 5.79. The molecule has 3 N–H and O–H groups in total. The molecule has 3 aromatic heterocycles. The molecule has 0 aliphatic carbocycles. The first-order chi connectivity index (χ1) is 16.9. The first kappa shape index (κ1) is 19.3. The number of methoxy groups -OCH3 is 1. The van der Waals surface area contributed by atoms with Crippen molar-refractivity contribution in [1.82, 2.24) is 14.1 Å². The highest BCUT2D eigenvalue weighted by Gasteiger charge is 2.65. The molecule has 0 amide bonds. The molecule has 6 aromatic rings. The molecule has 3 atom stereocenters. The summed E-state index contributed by atoms with van der Waals surface area (Å²) >= 11 is 0. The standard InChI is InChI=1S/C27H21N3O5/c1-26-27(33,25(32)34-2)11-18(35-26)29-16-9-5-3-7-13(16)20-21-15(12-28-24(21)31)19-14-8-4-6-10-17(14)30(26)23(19)22(20)29/h3-10,12,18,28,31,33H,11H2,1-2H3. The van der Waals surface area contributed by atoms with Crippen molar-refractivity contribution in [1.29, 1.82) is 0 Å². The third-order valence-corrected chi connectivity index (χ3v) is 8.23. The van der Waals surface area contributed by atoms with Gasteiger partial charge in [-0.3, -0.25) is 0 Å². The van der Waals surface area contributed by atoms with Gasteiger partial charge in [0.1, 0.15) is 6.23 Å². The van der Waals surface area contributed by atoms with Crippen molar-refractivity contribution in [2.24, 2.45) is 0 Å². The van der Waals surface area contributed by atoms with Crippen molar-refractivity contribution in [3.63, 3.8) is 0 Å². The molecule has 3 unspecified atom stereocenters. The van der Waals surface area contributed by atoms with Crippen LogP contribution in [0.2, 0.25) is 0 Å². The number of hydrogen-bond acceptors (Lipinski definition) is 5. The van der Waals surface area contributed by atoms with Crippen molar-refractivity contribution < 1.29 is 24.5 Å². The number of H-pyrrole nitrogens is 1. The maximum Gasteiger partial charge on any atom is 0.343 e. The molecule has 1 saturated heterocycles. The van der Waals surface area contributed by atoms with Crippen LogP contribution in [0.3, 0.4) is 0 Å². The molecule has 1 fully saturated rings. The topological polar surface area (TPSA) is 102 Å². The number of carbonyl (C=O) groups is 1. The lowest BCUT2D eigenvalue weighted by molar-refractivity contribution is -0.202. The largest absolute Gasteiger partial charge is 0.494 e. The Hall–Kier alpha value is -4.01. The Morgan fingerprint density at radius 3 is 2.46 bits per heavy atom. The average Bonchev–Trinajstić information content (AvgIpc) is 3.55. The monoisotopic (exact) mass is 467 g/mol. The van der Waals surface area contributed by atoms with Crippen LogP contribution in [0.5, 0.6) is 5.88 Å². The number of benzene rings is 3. The number of ether oxygens (including phenoxy) is 2. The summed E-state index contributed by atoms with van der Waals surface area (Å²) in [6.45, 7) is 1.76. The summed E-state index contributed by atoms with van der Waals surface area (Å²) in [5.74, 6) is -0.626. The van der Waals surface area contributed by atoms with Gasteiger partial charge in [-0.2, -0.15) is 0 Å². The van der Waals surface area contributed by atoms with Crippen LogP contribution in [0.25, 0.3) is 54.4 Å². The SMILES string of the molecule is COC(=O)C1(O)CC2OC1(C)n1c3ccccc3c3c4c[nH]c(O)c4c4c5ccccc5n2c4c31. The fraction of sp³-hybridized carbons (Fsp3) is 0.222. The number of aliphatic hydroxyl groups is 1. The summed E-state index contributed by atoms with van der Waals surface area (Å²) in [6, 6.07) is 15.8. The van der Waals surface area contributed by atoms with Gasteiger partial charge < -0.3 is 33.8 Å². The number of fused-ring (bicyclic) bond motifs is 13. The smallest absolute Gasteiger partial charge is 0.343 e. The van der Waals surface area contributed by atoms with Gasteiger partial charge in [-0.05, 0) is 19.1 Å². The lowest BCUT2D eigenvalue weighted by Gasteiger charge is -2.37. The van der Waals surface area contributed by atoms with E-state index < -0.39 is 23.5 Å². The molecule has 8 rings (SSSR count). The van der Waals surface area contributed by atoms with E-state index in [1.165, 1.54) is 7.11 Å². The highest BCUT2D eigenvalue weighted by atomic mass is 16.6. The minimum atomic E-state index is -1.92. The van der Waals surface area contributed by atoms with Crippen LogP contribution in [0.1, 0.15) is 19.6 Å². The number of aromatic hydroxyl groups is 1. The molecule has 174 valence electrons. The summed E-state index contributed by atoms with van der Waals surface area (Å²) in [5, 5.41) is 28.3. The van der Waals surface area contributed by atoms with Crippen molar-refractivity contribution >= 4 is 60.4 Å². The van der Waals surface area contributed by atoms with Crippen molar-refractivity contribution in [3.8, 4) is 5.88 Å². The molecule has 2 bridgehead atoms. The number of rotatable bonds is 1. The van der Waals surface area contributed by atoms with E-state index >= 15 is 0 Å². The minimum Gasteiger partial charge on any atom is -0.494 e. The lowest BCUT2D eigenvalue weighted by Crippen LogP contribution is -2.56. The second-order valence-corrected chi connectivity index (χ2v) is 9.72. The first-order valence-electron chi connectivity index (χ1n) is 11.6. The van der Waals surface area contributed by atoms with Crippen LogP contribution in [0, 0.1) is 0 Å². The van der Waals surface area contributed by atoms with Gasteiger partial charge in [0.25, 0.3) is 0 Å². The minimum absolute atomic E-state index is 0.0224. The van der Waals surface area contributed by atoms with E-state index in [-0.39, 0.29) is 12.3 Å². The van der Waals surface area contributed by atoms with Gasteiger partial charge in [0.05, 0.1) is 34.6 Å². The van der Waals surface area contributed by atoms with E-state index in [1.807, 2.05) is 59.3 Å². The summed E-state index contributed by atoms with van der Waals surface area (Å²) in [4.78, 5) is 16.2. The Bertz CT molecular complexity index is 1930. The normalized spacial score (nSPS) is 25.5. The van der Waals surface area contributed by atoms with Crippen LogP contribution < -0.4 is 0 Å². The van der Waals surface area contributed by atoms with E-state index in [9.17, 15) is 15.0 Å². The fourth-order valence-corrected chi connectivity index (χ4v) is 6.76. The lowest BCUT2D eigenvalue weighted by atomic mass is 9.89. The zero-order chi connectivity index (χ0) is 23.9. The molecule has 0 saturated carbocycles. The Balaban J connectivity index is 1.76. The van der Waals surface area contributed by atoms with E-state index in [4.69, 9.17) is 9.47 Å². The third-order valence-electron chi connectivity index (χ3n) is 8.23. The number of aromatic nitrogens is 3. The summed E-state index contributed by atoms with van der Waals surface area (Å²) in [7, 11) is 1.28. The van der Waals surface area contributed by atoms with E-state index in [2.05, 4.69) is 9.55 Å². The predicted molar refractivity (Wildman–Crippen MR) is 131 cm³/mol. The zero-order valence-corrected chi connectivity index (χ0v) is 19.0. The molecule has 35 heavy (non-hydrogen) atoms. The van der Waals surface area contributed by atoms with Gasteiger partial charge in [0.15, 0.2) is 11.6 Å². The molecule has 8 heteroatoms. The Labute approximate surface area is 197 Å². The third kappa shape index (κ3) is 1.87. The number of hydrogen-bond donors (Lipinski definition) is 3. The fourth-order valence-electron chi connectivity index (χ4n) is 6.76. The van der Waals surface area contributed by atoms with Crippen LogP contribution in [-0.4, -0.2) is 43.0 Å². The van der Waals surface area contributed by atoms with Gasteiger partial charge in [-0.15, -0.1) is 0 Å². The van der Waals surface area contributed by atoms with Crippen LogP contribution >= 0.6 is 0 Å². The zero-order valence-electron chi connectivity index (χ0n) is 19.0. The molecular weight excluding hydrogens is 446 g/mol. The summed E-state index contributed by atoms with van der Waals surface area (Å²) in [5.41, 5.74) is 0.103. The summed E-state index contributed by atoms with van der Waals surface area (Å²) in [6.07, 6.45) is 1.21. The Kier molecular flexibility index (Phi) is 3.19. The highest BCUT2D eigenvalue weighted by Crippen LogP contribution is 2.58. The van der Waals surface area contributed by atoms with E-state index in [0.717, 1.165) is 54.4 Å². The average molecular weight is 467 g/mol. The van der Waals surface area contributed by atoms with Crippen molar-refractivity contribution in [2.45, 2.75) is 30.9 Å². The molecule has 2 aliphatic heterocycles.